The van der Waals surface area contributed by atoms with Crippen molar-refractivity contribution in [2.45, 2.75) is 6.61 Å². The second kappa shape index (κ2) is 6.56. The minimum Gasteiger partial charge on any atom is -0.486 e. The molecule has 5 heteroatoms. The lowest BCUT2D eigenvalue weighted by molar-refractivity contribution is 0.0587. The Bertz CT molecular complexity index is 584. The van der Waals surface area contributed by atoms with E-state index < -0.39 is 5.97 Å². The van der Waals surface area contributed by atoms with Crippen molar-refractivity contribution in [3.05, 3.63) is 53.7 Å². The molecule has 5 nitrogen and oxygen atoms in total. The molecule has 1 aromatic carbocycles. The molecule has 0 aliphatic carbocycles. The van der Waals surface area contributed by atoms with Crippen LogP contribution >= 0.6 is 0 Å². The lowest BCUT2D eigenvalue weighted by atomic mass is 10.2. The number of methoxy groups -OCH3 is 2. The van der Waals surface area contributed by atoms with E-state index in [1.165, 1.54) is 14.2 Å². The fourth-order valence-electron chi connectivity index (χ4n) is 1.64. The Morgan fingerprint density at radius 2 is 1.85 bits per heavy atom. The molecule has 1 heterocycles. The molecule has 0 spiro atoms. The molecule has 0 aliphatic rings. The number of esters is 1. The highest BCUT2D eigenvalue weighted by Gasteiger charge is 2.16. The number of carbonyl (C=O) groups is 1. The average Bonchev–Trinajstić information content (AvgIpc) is 2.53. The highest BCUT2D eigenvalue weighted by atomic mass is 16.5. The number of rotatable bonds is 5. The lowest BCUT2D eigenvalue weighted by Gasteiger charge is -2.10. The first-order valence-corrected chi connectivity index (χ1v) is 6.04. The second-order valence-corrected chi connectivity index (χ2v) is 3.97. The molecule has 0 fully saturated rings. The number of nitrogens with zero attached hydrogens (tertiary/aromatic N) is 1. The molecule has 0 atom stereocenters. The van der Waals surface area contributed by atoms with E-state index in [1.54, 1.807) is 12.1 Å². The standard InChI is InChI=1S/C15H15NO4/c1-18-13-9-8-12(14(16-13)15(17)19-2)20-10-11-6-4-3-5-7-11/h3-9H,10H2,1-2H3. The number of benzene rings is 1. The summed E-state index contributed by atoms with van der Waals surface area (Å²) in [5, 5.41) is 0. The van der Waals surface area contributed by atoms with Gasteiger partial charge in [-0.25, -0.2) is 9.78 Å². The van der Waals surface area contributed by atoms with Gasteiger partial charge in [0.1, 0.15) is 6.61 Å². The number of hydrogen-bond donors (Lipinski definition) is 0. The average molecular weight is 273 g/mol. The van der Waals surface area contributed by atoms with E-state index in [1.807, 2.05) is 30.3 Å². The second-order valence-electron chi connectivity index (χ2n) is 3.97. The molecule has 20 heavy (non-hydrogen) atoms. The summed E-state index contributed by atoms with van der Waals surface area (Å²) in [5.74, 6) is 0.130. The van der Waals surface area contributed by atoms with Crippen molar-refractivity contribution in [2.75, 3.05) is 14.2 Å². The minimum absolute atomic E-state index is 0.0998. The van der Waals surface area contributed by atoms with Crippen LogP contribution in [0.25, 0.3) is 0 Å². The van der Waals surface area contributed by atoms with Gasteiger partial charge in [0.2, 0.25) is 5.88 Å². The Kier molecular flexibility index (Phi) is 4.55. The Balaban J connectivity index is 2.20. The summed E-state index contributed by atoms with van der Waals surface area (Å²) in [6.07, 6.45) is 0. The van der Waals surface area contributed by atoms with E-state index in [0.717, 1.165) is 5.56 Å². The van der Waals surface area contributed by atoms with E-state index >= 15 is 0 Å². The lowest BCUT2D eigenvalue weighted by Crippen LogP contribution is -2.09. The molecule has 0 amide bonds. The number of aromatic nitrogens is 1. The molecule has 1 aromatic heterocycles. The van der Waals surface area contributed by atoms with E-state index in [4.69, 9.17) is 14.2 Å². The first-order chi connectivity index (χ1) is 9.74. The third kappa shape index (κ3) is 3.26. The van der Waals surface area contributed by atoms with Crippen molar-refractivity contribution in [2.24, 2.45) is 0 Å². The molecule has 104 valence electrons. The fourth-order valence-corrected chi connectivity index (χ4v) is 1.64. The molecular formula is C15H15NO4. The van der Waals surface area contributed by atoms with Crippen LogP contribution in [0, 0.1) is 0 Å². The van der Waals surface area contributed by atoms with Crippen LogP contribution in [0.3, 0.4) is 0 Å². The van der Waals surface area contributed by atoms with Gasteiger partial charge in [0.15, 0.2) is 11.4 Å². The molecule has 0 aliphatic heterocycles. The smallest absolute Gasteiger partial charge is 0.360 e. The van der Waals surface area contributed by atoms with Gasteiger partial charge in [-0.15, -0.1) is 0 Å². The number of hydrogen-bond acceptors (Lipinski definition) is 5. The van der Waals surface area contributed by atoms with Crippen molar-refractivity contribution in [1.29, 1.82) is 0 Å². The van der Waals surface area contributed by atoms with Crippen LogP contribution in [0.4, 0.5) is 0 Å². The van der Waals surface area contributed by atoms with Crippen molar-refractivity contribution >= 4 is 5.97 Å². The number of carbonyl (C=O) groups excluding carboxylic acids is 1. The van der Waals surface area contributed by atoms with Gasteiger partial charge in [0, 0.05) is 6.07 Å². The maximum absolute atomic E-state index is 11.7. The summed E-state index contributed by atoms with van der Waals surface area (Å²) in [7, 11) is 2.78. The molecule has 0 unspecified atom stereocenters. The summed E-state index contributed by atoms with van der Waals surface area (Å²) in [4.78, 5) is 15.7. The molecule has 0 radical (unpaired) electrons. The molecule has 0 saturated heterocycles. The van der Waals surface area contributed by atoms with Gasteiger partial charge in [0.25, 0.3) is 0 Å². The Morgan fingerprint density at radius 1 is 1.10 bits per heavy atom. The molecular weight excluding hydrogens is 258 g/mol. The maximum Gasteiger partial charge on any atom is 0.360 e. The molecule has 0 bridgehead atoms. The predicted octanol–water partition coefficient (Wildman–Crippen LogP) is 2.46. The molecule has 0 saturated carbocycles. The van der Waals surface area contributed by atoms with Gasteiger partial charge in [-0.2, -0.15) is 0 Å². The van der Waals surface area contributed by atoms with Crippen LogP contribution in [0.2, 0.25) is 0 Å². The predicted molar refractivity (Wildman–Crippen MR) is 72.9 cm³/mol. The zero-order valence-corrected chi connectivity index (χ0v) is 11.3. The maximum atomic E-state index is 11.7. The zero-order valence-electron chi connectivity index (χ0n) is 11.3. The Hall–Kier alpha value is -2.56. The summed E-state index contributed by atoms with van der Waals surface area (Å²) in [6.45, 7) is 0.346. The number of ether oxygens (including phenoxy) is 3. The normalized spacial score (nSPS) is 9.90. The summed E-state index contributed by atoms with van der Waals surface area (Å²) < 4.78 is 15.3. The SMILES string of the molecule is COC(=O)c1nc(OC)ccc1OCc1ccccc1. The first kappa shape index (κ1) is 13.9. The van der Waals surface area contributed by atoms with Gasteiger partial charge >= 0.3 is 5.97 Å². The van der Waals surface area contributed by atoms with E-state index in [0.29, 0.717) is 18.2 Å². The van der Waals surface area contributed by atoms with Gasteiger partial charge < -0.3 is 14.2 Å². The van der Waals surface area contributed by atoms with Crippen molar-refractivity contribution in [3.63, 3.8) is 0 Å². The van der Waals surface area contributed by atoms with Gasteiger partial charge in [-0.3, -0.25) is 0 Å². The third-order valence-electron chi connectivity index (χ3n) is 2.66. The molecule has 2 rings (SSSR count). The molecule has 2 aromatic rings. The highest BCUT2D eigenvalue weighted by molar-refractivity contribution is 5.90. The zero-order chi connectivity index (χ0) is 14.4. The van der Waals surface area contributed by atoms with Crippen molar-refractivity contribution in [3.8, 4) is 11.6 Å². The van der Waals surface area contributed by atoms with E-state index in [9.17, 15) is 4.79 Å². The summed E-state index contributed by atoms with van der Waals surface area (Å²) >= 11 is 0. The number of pyridine rings is 1. The Morgan fingerprint density at radius 3 is 2.50 bits per heavy atom. The molecule has 0 N–H and O–H groups in total. The van der Waals surface area contributed by atoms with Gasteiger partial charge in [-0.1, -0.05) is 30.3 Å². The van der Waals surface area contributed by atoms with Crippen molar-refractivity contribution < 1.29 is 19.0 Å². The largest absolute Gasteiger partial charge is 0.486 e. The fraction of sp³-hybridized carbons (Fsp3) is 0.200. The topological polar surface area (TPSA) is 57.7 Å². The summed E-state index contributed by atoms with van der Waals surface area (Å²) in [5.41, 5.74) is 1.10. The van der Waals surface area contributed by atoms with E-state index in [2.05, 4.69) is 4.98 Å². The third-order valence-corrected chi connectivity index (χ3v) is 2.66. The van der Waals surface area contributed by atoms with Crippen LogP contribution < -0.4 is 9.47 Å². The minimum atomic E-state index is -0.563. The van der Waals surface area contributed by atoms with Crippen LogP contribution in [-0.4, -0.2) is 25.2 Å². The summed E-state index contributed by atoms with van der Waals surface area (Å²) in [6, 6.07) is 12.9. The monoisotopic (exact) mass is 273 g/mol. The van der Waals surface area contributed by atoms with Crippen LogP contribution in [0.5, 0.6) is 11.6 Å². The van der Waals surface area contributed by atoms with Crippen LogP contribution in [0.15, 0.2) is 42.5 Å². The Labute approximate surface area is 117 Å². The first-order valence-electron chi connectivity index (χ1n) is 6.04. The highest BCUT2D eigenvalue weighted by Crippen LogP contribution is 2.22. The van der Waals surface area contributed by atoms with E-state index in [-0.39, 0.29) is 5.69 Å². The van der Waals surface area contributed by atoms with Gasteiger partial charge in [-0.05, 0) is 11.6 Å². The quantitative estimate of drug-likeness (QED) is 0.783. The van der Waals surface area contributed by atoms with Crippen LogP contribution in [-0.2, 0) is 11.3 Å². The van der Waals surface area contributed by atoms with Gasteiger partial charge in [0.05, 0.1) is 14.2 Å². The van der Waals surface area contributed by atoms with Crippen molar-refractivity contribution in [1.82, 2.24) is 4.98 Å². The van der Waals surface area contributed by atoms with Crippen LogP contribution in [0.1, 0.15) is 16.1 Å².